The number of allylic oxidation sites excluding steroid dienone is 3. The summed E-state index contributed by atoms with van der Waals surface area (Å²) in [5.41, 5.74) is 4.92. The summed E-state index contributed by atoms with van der Waals surface area (Å²) in [6, 6.07) is 8.91. The van der Waals surface area contributed by atoms with Crippen LogP contribution in [0.25, 0.3) is 0 Å². The highest BCUT2D eigenvalue weighted by molar-refractivity contribution is 5.25. The summed E-state index contributed by atoms with van der Waals surface area (Å²) in [6.07, 6.45) is 6.75. The van der Waals surface area contributed by atoms with Gasteiger partial charge in [-0.1, -0.05) is 82.3 Å². The third kappa shape index (κ3) is 11.9. The zero-order valence-corrected chi connectivity index (χ0v) is 21.2. The van der Waals surface area contributed by atoms with Crippen molar-refractivity contribution in [3.05, 3.63) is 72.0 Å². The molecule has 2 aliphatic heterocycles. The van der Waals surface area contributed by atoms with Gasteiger partial charge < -0.3 is 14.4 Å². The topological polar surface area (TPSA) is 21.7 Å². The van der Waals surface area contributed by atoms with Gasteiger partial charge in [-0.05, 0) is 51.2 Å². The first-order valence-corrected chi connectivity index (χ1v) is 12.0. The lowest BCUT2D eigenvalue weighted by molar-refractivity contribution is -0.0322. The number of aryl methyl sites for hydroxylation is 1. The minimum Gasteiger partial charge on any atom is -0.381 e. The van der Waals surface area contributed by atoms with E-state index in [4.69, 9.17) is 9.47 Å². The van der Waals surface area contributed by atoms with Crippen LogP contribution in [0.15, 0.2) is 60.8 Å². The average molecular weight is 430 g/mol. The van der Waals surface area contributed by atoms with E-state index in [9.17, 15) is 0 Å². The highest BCUT2D eigenvalue weighted by Crippen LogP contribution is 2.26. The van der Waals surface area contributed by atoms with E-state index in [-0.39, 0.29) is 0 Å². The molecule has 1 aromatic carbocycles. The Morgan fingerprint density at radius 3 is 2.06 bits per heavy atom. The molecule has 31 heavy (non-hydrogen) atoms. The summed E-state index contributed by atoms with van der Waals surface area (Å²) in [6.45, 7) is 26.5. The number of hydrogen-bond acceptors (Lipinski definition) is 3. The van der Waals surface area contributed by atoms with Gasteiger partial charge in [-0.3, -0.25) is 0 Å². The van der Waals surface area contributed by atoms with E-state index in [1.165, 1.54) is 24.0 Å². The molecule has 2 fully saturated rings. The Hall–Kier alpha value is -1.84. The molecule has 3 nitrogen and oxygen atoms in total. The molecule has 0 unspecified atom stereocenters. The van der Waals surface area contributed by atoms with Gasteiger partial charge in [0, 0.05) is 38.6 Å². The van der Waals surface area contributed by atoms with E-state index >= 15 is 0 Å². The third-order valence-electron chi connectivity index (χ3n) is 4.99. The van der Waals surface area contributed by atoms with E-state index in [0.717, 1.165) is 50.1 Å². The van der Waals surface area contributed by atoms with Crippen molar-refractivity contribution in [2.75, 3.05) is 32.9 Å². The number of benzene rings is 1. The van der Waals surface area contributed by atoms with Crippen LogP contribution in [0.5, 0.6) is 0 Å². The molecule has 2 saturated heterocycles. The zero-order chi connectivity index (χ0) is 23.6. The maximum atomic E-state index is 5.46. The smallest absolute Gasteiger partial charge is 0.0924 e. The van der Waals surface area contributed by atoms with Gasteiger partial charge in [-0.2, -0.15) is 0 Å². The fourth-order valence-electron chi connectivity index (χ4n) is 3.23. The molecule has 0 aliphatic carbocycles. The largest absolute Gasteiger partial charge is 0.381 e. The van der Waals surface area contributed by atoms with Crippen molar-refractivity contribution in [2.24, 2.45) is 0 Å². The molecule has 2 heterocycles. The van der Waals surface area contributed by atoms with Crippen LogP contribution in [-0.2, 0) is 9.47 Å². The summed E-state index contributed by atoms with van der Waals surface area (Å²) in [7, 11) is 0. The van der Waals surface area contributed by atoms with Gasteiger partial charge in [0.2, 0.25) is 0 Å². The first-order valence-electron chi connectivity index (χ1n) is 12.0. The van der Waals surface area contributed by atoms with Crippen LogP contribution in [0.1, 0.15) is 71.4 Å². The fraction of sp³-hybridized carbons (Fsp3) is 0.571. The maximum Gasteiger partial charge on any atom is 0.0924 e. The van der Waals surface area contributed by atoms with Crippen LogP contribution in [0.2, 0.25) is 0 Å². The van der Waals surface area contributed by atoms with Crippen LogP contribution in [-0.4, -0.2) is 43.9 Å². The highest BCUT2D eigenvalue weighted by Gasteiger charge is 2.26. The van der Waals surface area contributed by atoms with Crippen molar-refractivity contribution in [1.82, 2.24) is 4.90 Å². The molecule has 0 radical (unpaired) electrons. The van der Waals surface area contributed by atoms with Crippen molar-refractivity contribution in [3.63, 3.8) is 0 Å². The Bertz CT molecular complexity index is 621. The van der Waals surface area contributed by atoms with Crippen molar-refractivity contribution >= 4 is 0 Å². The molecule has 0 amide bonds. The second-order valence-corrected chi connectivity index (χ2v) is 7.45. The van der Waals surface area contributed by atoms with Gasteiger partial charge in [0.25, 0.3) is 0 Å². The van der Waals surface area contributed by atoms with Gasteiger partial charge in [-0.25, -0.2) is 0 Å². The van der Waals surface area contributed by atoms with Crippen LogP contribution in [0.3, 0.4) is 0 Å². The predicted octanol–water partition coefficient (Wildman–Crippen LogP) is 7.29. The van der Waals surface area contributed by atoms with Crippen molar-refractivity contribution in [1.29, 1.82) is 0 Å². The molecule has 1 aromatic rings. The molecule has 0 N–H and O–H groups in total. The van der Waals surface area contributed by atoms with E-state index in [1.54, 1.807) is 0 Å². The molecule has 0 spiro atoms. The van der Waals surface area contributed by atoms with Crippen molar-refractivity contribution in [2.45, 2.75) is 73.3 Å². The van der Waals surface area contributed by atoms with Gasteiger partial charge in [0.05, 0.1) is 6.10 Å². The van der Waals surface area contributed by atoms with Gasteiger partial charge in [0.1, 0.15) is 0 Å². The Morgan fingerprint density at radius 1 is 1.03 bits per heavy atom. The minimum absolute atomic E-state index is 0.398. The van der Waals surface area contributed by atoms with Crippen LogP contribution in [0, 0.1) is 6.92 Å². The average Bonchev–Trinajstić information content (AvgIpc) is 2.78. The monoisotopic (exact) mass is 429 g/mol. The molecule has 176 valence electrons. The lowest BCUT2D eigenvalue weighted by atomic mass is 9.91. The number of likely N-dealkylation sites (tertiary alicyclic amines) is 1. The van der Waals surface area contributed by atoms with E-state index < -0.39 is 0 Å². The van der Waals surface area contributed by atoms with Crippen molar-refractivity contribution < 1.29 is 9.47 Å². The Labute approximate surface area is 192 Å². The Morgan fingerprint density at radius 2 is 1.58 bits per heavy atom. The predicted molar refractivity (Wildman–Crippen MR) is 137 cm³/mol. The zero-order valence-electron chi connectivity index (χ0n) is 21.2. The standard InChI is InChI=1S/C12H19NO.C12H16O.2C2H6/c1-5-14-12-8-13(9-12)11(4)7-6-10(2)3;1-10-2-4-11(5-3-10)12-6-8-13-9-7-12;2*1-2/h6-7,12H,2,4-5,8-9H2,1,3H3;2-5,12H,6-9H2,1H3;2*1-2H3/b7-6-;;;. The second-order valence-electron chi connectivity index (χ2n) is 7.45. The van der Waals surface area contributed by atoms with Crippen LogP contribution >= 0.6 is 0 Å². The number of ether oxygens (including phenoxy) is 2. The lowest BCUT2D eigenvalue weighted by Gasteiger charge is -2.40. The number of rotatable bonds is 6. The van der Waals surface area contributed by atoms with Crippen LogP contribution in [0.4, 0.5) is 0 Å². The molecule has 3 heteroatoms. The summed E-state index contributed by atoms with van der Waals surface area (Å²) in [5.74, 6) is 0.731. The quantitative estimate of drug-likeness (QED) is 0.443. The summed E-state index contributed by atoms with van der Waals surface area (Å²) >= 11 is 0. The SMILES string of the molecule is C=C(C)/C=C\C(=C)N1CC(OCC)C1.CC.CC.Cc1ccc(C2CCOCC2)cc1. The summed E-state index contributed by atoms with van der Waals surface area (Å²) in [4.78, 5) is 2.21. The van der Waals surface area contributed by atoms with Gasteiger partial charge in [-0.15, -0.1) is 0 Å². The molecule has 0 aromatic heterocycles. The Kier molecular flexibility index (Phi) is 16.7. The normalized spacial score (nSPS) is 16.0. The highest BCUT2D eigenvalue weighted by atomic mass is 16.5. The molecule has 0 bridgehead atoms. The van der Waals surface area contributed by atoms with E-state index in [0.29, 0.717) is 6.10 Å². The van der Waals surface area contributed by atoms with Crippen LogP contribution < -0.4 is 0 Å². The number of hydrogen-bond donors (Lipinski definition) is 0. The molecule has 0 saturated carbocycles. The molecule has 0 atom stereocenters. The van der Waals surface area contributed by atoms with Gasteiger partial charge >= 0.3 is 0 Å². The van der Waals surface area contributed by atoms with Crippen molar-refractivity contribution in [3.8, 4) is 0 Å². The second kappa shape index (κ2) is 17.8. The van der Waals surface area contributed by atoms with Gasteiger partial charge in [0.15, 0.2) is 0 Å². The third-order valence-corrected chi connectivity index (χ3v) is 4.99. The minimum atomic E-state index is 0.398. The van der Waals surface area contributed by atoms with E-state index in [1.807, 2.05) is 53.7 Å². The fourth-order valence-corrected chi connectivity index (χ4v) is 3.23. The summed E-state index contributed by atoms with van der Waals surface area (Å²) < 4.78 is 10.8. The lowest BCUT2D eigenvalue weighted by Crippen LogP contribution is -2.50. The first kappa shape index (κ1) is 29.2. The Balaban J connectivity index is 0.000000501. The number of nitrogens with zero attached hydrogens (tertiary/aromatic N) is 1. The maximum absolute atomic E-state index is 5.46. The van der Waals surface area contributed by atoms with E-state index in [2.05, 4.69) is 49.2 Å². The molecule has 2 aliphatic rings. The molecular weight excluding hydrogens is 382 g/mol. The molecule has 3 rings (SSSR count). The molecular formula is C28H47NO2. The first-order chi connectivity index (χ1) is 15.0. The summed E-state index contributed by atoms with van der Waals surface area (Å²) in [5, 5.41) is 0.